The Hall–Kier alpha value is -2.50. The normalized spacial score (nSPS) is 17.0. The number of pyridine rings is 1. The van der Waals surface area contributed by atoms with Crippen molar-refractivity contribution in [2.45, 2.75) is 13.0 Å². The third-order valence-corrected chi connectivity index (χ3v) is 5.66. The number of hydrogen-bond acceptors (Lipinski definition) is 4. The van der Waals surface area contributed by atoms with E-state index in [4.69, 9.17) is 4.74 Å². The number of methoxy groups -OCH3 is 1. The second kappa shape index (κ2) is 8.25. The summed E-state index contributed by atoms with van der Waals surface area (Å²) in [5.74, 6) is 0.579. The molecule has 4 nitrogen and oxygen atoms in total. The lowest BCUT2D eigenvalue weighted by molar-refractivity contribution is 0.112. The van der Waals surface area contributed by atoms with Crippen molar-refractivity contribution in [2.24, 2.45) is 0 Å². The average Bonchev–Trinajstić information content (AvgIpc) is 2.75. The zero-order valence-electron chi connectivity index (χ0n) is 16.4. The van der Waals surface area contributed by atoms with Crippen molar-refractivity contribution in [3.8, 4) is 5.75 Å². The van der Waals surface area contributed by atoms with Crippen LogP contribution in [0.1, 0.15) is 24.1 Å². The Balaban J connectivity index is 1.81. The fourth-order valence-electron chi connectivity index (χ4n) is 4.13. The lowest BCUT2D eigenvalue weighted by Gasteiger charge is -2.39. The van der Waals surface area contributed by atoms with Crippen LogP contribution in [0.15, 0.2) is 54.7 Å². The number of aromatic nitrogens is 1. The van der Waals surface area contributed by atoms with Gasteiger partial charge in [-0.25, -0.2) is 4.39 Å². The molecular weight excluding hydrogens is 353 g/mol. The molecule has 1 saturated heterocycles. The minimum absolute atomic E-state index is 0.000891. The third kappa shape index (κ3) is 3.60. The van der Waals surface area contributed by atoms with E-state index in [9.17, 15) is 4.39 Å². The van der Waals surface area contributed by atoms with Gasteiger partial charge in [0.1, 0.15) is 17.1 Å². The molecule has 0 saturated carbocycles. The van der Waals surface area contributed by atoms with Crippen molar-refractivity contribution in [2.75, 3.05) is 39.8 Å². The van der Waals surface area contributed by atoms with Gasteiger partial charge in [-0.05, 0) is 30.3 Å². The van der Waals surface area contributed by atoms with Crippen LogP contribution in [-0.4, -0.2) is 54.6 Å². The van der Waals surface area contributed by atoms with E-state index in [0.29, 0.717) is 0 Å². The summed E-state index contributed by atoms with van der Waals surface area (Å²) >= 11 is 0. The second-order valence-corrected chi connectivity index (χ2v) is 7.19. The summed E-state index contributed by atoms with van der Waals surface area (Å²) < 4.78 is 19.4. The molecule has 3 aromatic rings. The molecule has 1 fully saturated rings. The monoisotopic (exact) mass is 379 g/mol. The molecule has 1 aliphatic rings. The van der Waals surface area contributed by atoms with Crippen LogP contribution < -0.4 is 4.74 Å². The molecule has 1 atom stereocenters. The number of fused-ring (bicyclic) bond motifs is 1. The molecule has 0 spiro atoms. The van der Waals surface area contributed by atoms with Crippen LogP contribution in [0.25, 0.3) is 10.9 Å². The van der Waals surface area contributed by atoms with Gasteiger partial charge in [0.2, 0.25) is 0 Å². The second-order valence-electron chi connectivity index (χ2n) is 7.19. The molecule has 1 aromatic heterocycles. The molecule has 0 N–H and O–H groups in total. The quantitative estimate of drug-likeness (QED) is 0.667. The van der Waals surface area contributed by atoms with Gasteiger partial charge in [0.15, 0.2) is 0 Å². The number of ether oxygens (including phenoxy) is 1. The number of nitrogens with zero attached hydrogens (tertiary/aromatic N) is 3. The minimum Gasteiger partial charge on any atom is -0.494 e. The number of piperazine rings is 1. The van der Waals surface area contributed by atoms with Gasteiger partial charge in [-0.3, -0.25) is 9.88 Å². The highest BCUT2D eigenvalue weighted by Gasteiger charge is 2.29. The van der Waals surface area contributed by atoms with E-state index in [1.54, 1.807) is 13.3 Å². The lowest BCUT2D eigenvalue weighted by Crippen LogP contribution is -2.47. The highest BCUT2D eigenvalue weighted by atomic mass is 19.1. The zero-order chi connectivity index (χ0) is 19.5. The van der Waals surface area contributed by atoms with E-state index in [0.717, 1.165) is 60.5 Å². The van der Waals surface area contributed by atoms with Gasteiger partial charge >= 0.3 is 0 Å². The highest BCUT2D eigenvalue weighted by Crippen LogP contribution is 2.38. The van der Waals surface area contributed by atoms with Crippen molar-refractivity contribution in [1.82, 2.24) is 14.8 Å². The summed E-state index contributed by atoms with van der Waals surface area (Å²) in [5.41, 5.74) is 3.01. The zero-order valence-corrected chi connectivity index (χ0v) is 16.4. The highest BCUT2D eigenvalue weighted by molar-refractivity contribution is 5.86. The van der Waals surface area contributed by atoms with Crippen molar-refractivity contribution in [3.05, 3.63) is 71.7 Å². The maximum absolute atomic E-state index is 13.6. The SMILES string of the molecule is CCN1CCN(C(c2ccc(F)cc2)c2ccc3cccnc3c2OC)CC1. The first kappa shape index (κ1) is 18.8. The standard InChI is InChI=1S/C23H26FN3O/c1-3-26-13-15-27(16-14-26)22(18-6-9-19(24)10-7-18)20-11-8-17-5-4-12-25-21(17)23(20)28-2/h4-12,22H,3,13-16H2,1-2H3. The van der Waals surface area contributed by atoms with E-state index < -0.39 is 0 Å². The van der Waals surface area contributed by atoms with E-state index in [1.165, 1.54) is 12.1 Å². The molecule has 0 radical (unpaired) electrons. The van der Waals surface area contributed by atoms with Crippen LogP contribution in [0.5, 0.6) is 5.75 Å². The van der Waals surface area contributed by atoms with E-state index in [2.05, 4.69) is 33.8 Å². The number of hydrogen-bond donors (Lipinski definition) is 0. The maximum atomic E-state index is 13.6. The van der Waals surface area contributed by atoms with Crippen LogP contribution in [0, 0.1) is 5.82 Å². The first-order valence-electron chi connectivity index (χ1n) is 9.84. The van der Waals surface area contributed by atoms with Crippen LogP contribution in [0.4, 0.5) is 4.39 Å². The number of halogens is 1. The maximum Gasteiger partial charge on any atom is 0.150 e. The predicted molar refractivity (Wildman–Crippen MR) is 110 cm³/mol. The molecule has 2 aromatic carbocycles. The molecule has 0 bridgehead atoms. The number of rotatable bonds is 5. The van der Waals surface area contributed by atoms with Gasteiger partial charge in [0.25, 0.3) is 0 Å². The van der Waals surface area contributed by atoms with Crippen molar-refractivity contribution >= 4 is 10.9 Å². The third-order valence-electron chi connectivity index (χ3n) is 5.66. The van der Waals surface area contributed by atoms with Crippen LogP contribution >= 0.6 is 0 Å². The molecule has 1 unspecified atom stereocenters. The molecular formula is C23H26FN3O. The van der Waals surface area contributed by atoms with Crippen LogP contribution in [0.2, 0.25) is 0 Å². The molecule has 28 heavy (non-hydrogen) atoms. The van der Waals surface area contributed by atoms with Gasteiger partial charge in [0.05, 0.1) is 13.2 Å². The van der Waals surface area contributed by atoms with E-state index in [1.807, 2.05) is 24.3 Å². The van der Waals surface area contributed by atoms with Gasteiger partial charge in [-0.15, -0.1) is 0 Å². The minimum atomic E-state index is -0.217. The average molecular weight is 379 g/mol. The summed E-state index contributed by atoms with van der Waals surface area (Å²) in [6, 6.07) is 15.0. The molecule has 146 valence electrons. The molecule has 2 heterocycles. The molecule has 0 aliphatic carbocycles. The summed E-state index contributed by atoms with van der Waals surface area (Å²) in [6.45, 7) is 7.24. The fourth-order valence-corrected chi connectivity index (χ4v) is 4.13. The van der Waals surface area contributed by atoms with Crippen LogP contribution in [-0.2, 0) is 0 Å². The Bertz CT molecular complexity index is 936. The summed E-state index contributed by atoms with van der Waals surface area (Å²) in [5, 5.41) is 1.05. The Morgan fingerprint density at radius 2 is 1.79 bits per heavy atom. The Morgan fingerprint density at radius 3 is 2.46 bits per heavy atom. The molecule has 4 rings (SSSR count). The summed E-state index contributed by atoms with van der Waals surface area (Å²) in [7, 11) is 1.70. The summed E-state index contributed by atoms with van der Waals surface area (Å²) in [4.78, 5) is 9.48. The van der Waals surface area contributed by atoms with Gasteiger partial charge in [-0.1, -0.05) is 37.3 Å². The lowest BCUT2D eigenvalue weighted by atomic mass is 9.94. The predicted octanol–water partition coefficient (Wildman–Crippen LogP) is 4.11. The smallest absolute Gasteiger partial charge is 0.150 e. The topological polar surface area (TPSA) is 28.6 Å². The summed E-state index contributed by atoms with van der Waals surface area (Å²) in [6.07, 6.45) is 1.79. The Kier molecular flexibility index (Phi) is 5.55. The van der Waals surface area contributed by atoms with Crippen molar-refractivity contribution in [1.29, 1.82) is 0 Å². The Morgan fingerprint density at radius 1 is 1.04 bits per heavy atom. The first-order chi connectivity index (χ1) is 13.7. The van der Waals surface area contributed by atoms with E-state index in [-0.39, 0.29) is 11.9 Å². The fraction of sp³-hybridized carbons (Fsp3) is 0.348. The van der Waals surface area contributed by atoms with Gasteiger partial charge < -0.3 is 9.64 Å². The van der Waals surface area contributed by atoms with Crippen LogP contribution in [0.3, 0.4) is 0 Å². The molecule has 0 amide bonds. The van der Waals surface area contributed by atoms with E-state index >= 15 is 0 Å². The number of likely N-dealkylation sites (N-methyl/N-ethyl adjacent to an activating group) is 1. The van der Waals surface area contributed by atoms with Gasteiger partial charge in [-0.2, -0.15) is 0 Å². The first-order valence-corrected chi connectivity index (χ1v) is 9.84. The number of benzene rings is 2. The molecule has 5 heteroatoms. The molecule has 1 aliphatic heterocycles. The largest absolute Gasteiger partial charge is 0.494 e. The van der Waals surface area contributed by atoms with Gasteiger partial charge in [0, 0.05) is 43.3 Å². The Labute approximate surface area is 165 Å². The van der Waals surface area contributed by atoms with Crippen molar-refractivity contribution in [3.63, 3.8) is 0 Å². The van der Waals surface area contributed by atoms with Crippen molar-refractivity contribution < 1.29 is 9.13 Å².